The highest BCUT2D eigenvalue weighted by atomic mass is 32.2. The van der Waals surface area contributed by atoms with E-state index in [1.165, 1.54) is 8.82 Å². The summed E-state index contributed by atoms with van der Waals surface area (Å²) < 4.78 is 28.4. The van der Waals surface area contributed by atoms with Crippen molar-refractivity contribution in [2.24, 2.45) is 0 Å². The zero-order valence-corrected chi connectivity index (χ0v) is 15.7. The molecule has 0 spiro atoms. The van der Waals surface area contributed by atoms with Crippen LogP contribution >= 0.6 is 0 Å². The van der Waals surface area contributed by atoms with Gasteiger partial charge in [0, 0.05) is 24.0 Å². The summed E-state index contributed by atoms with van der Waals surface area (Å²) >= 11 is 0. The number of nitrogens with zero attached hydrogens (tertiary/aromatic N) is 4. The molecule has 0 radical (unpaired) electrons. The van der Waals surface area contributed by atoms with E-state index in [-0.39, 0.29) is 4.90 Å². The Kier molecular flexibility index (Phi) is 3.81. The summed E-state index contributed by atoms with van der Waals surface area (Å²) in [5, 5.41) is 5.07. The third kappa shape index (κ3) is 2.62. The molecule has 1 aliphatic rings. The molecule has 8 nitrogen and oxygen atoms in total. The molecule has 1 saturated heterocycles. The van der Waals surface area contributed by atoms with Crippen molar-refractivity contribution in [1.82, 2.24) is 23.9 Å². The van der Waals surface area contributed by atoms with Crippen LogP contribution in [0.25, 0.3) is 27.9 Å². The van der Waals surface area contributed by atoms with Gasteiger partial charge in [-0.1, -0.05) is 24.3 Å². The number of benzene rings is 2. The van der Waals surface area contributed by atoms with Gasteiger partial charge in [0.05, 0.1) is 10.4 Å². The Bertz CT molecular complexity index is 1370. The minimum atomic E-state index is -3.54. The Morgan fingerprint density at radius 1 is 1.00 bits per heavy atom. The molecule has 2 aromatic carbocycles. The minimum Gasteiger partial charge on any atom is -0.305 e. The number of fused-ring (bicyclic) bond motifs is 3. The van der Waals surface area contributed by atoms with Crippen molar-refractivity contribution in [3.8, 4) is 11.4 Å². The minimum absolute atomic E-state index is 0.213. The predicted octanol–water partition coefficient (Wildman–Crippen LogP) is 2.02. The molecule has 9 heteroatoms. The fraction of sp³-hybridized carbons (Fsp3) is 0.211. The van der Waals surface area contributed by atoms with Gasteiger partial charge in [-0.3, -0.25) is 0 Å². The first-order chi connectivity index (χ1) is 13.5. The normalized spacial score (nSPS) is 15.6. The Labute approximate surface area is 160 Å². The molecule has 3 heterocycles. The van der Waals surface area contributed by atoms with Gasteiger partial charge in [-0.05, 0) is 37.1 Å². The Balaban J connectivity index is 1.66. The zero-order valence-electron chi connectivity index (χ0n) is 14.9. The van der Waals surface area contributed by atoms with E-state index in [9.17, 15) is 13.2 Å². The fourth-order valence-corrected chi connectivity index (χ4v) is 5.14. The summed E-state index contributed by atoms with van der Waals surface area (Å²) in [6, 6.07) is 13.9. The highest BCUT2D eigenvalue weighted by molar-refractivity contribution is 7.89. The molecule has 1 N–H and O–H groups in total. The number of H-pyrrole nitrogens is 1. The number of aromatic amines is 1. The molecule has 1 aliphatic heterocycles. The van der Waals surface area contributed by atoms with Gasteiger partial charge in [0.2, 0.25) is 10.0 Å². The lowest BCUT2D eigenvalue weighted by Gasteiger charge is -2.15. The molecule has 28 heavy (non-hydrogen) atoms. The summed E-state index contributed by atoms with van der Waals surface area (Å²) in [4.78, 5) is 19.8. The number of para-hydroxylation sites is 1. The monoisotopic (exact) mass is 395 g/mol. The summed E-state index contributed by atoms with van der Waals surface area (Å²) in [5.41, 5.74) is 1.26. The molecule has 0 unspecified atom stereocenters. The van der Waals surface area contributed by atoms with Crippen LogP contribution in [-0.2, 0) is 10.0 Å². The molecule has 142 valence electrons. The van der Waals surface area contributed by atoms with Gasteiger partial charge in [-0.2, -0.15) is 8.82 Å². The number of sulfonamides is 1. The second-order valence-electron chi connectivity index (χ2n) is 6.79. The van der Waals surface area contributed by atoms with Crippen LogP contribution < -0.4 is 5.69 Å². The largest absolute Gasteiger partial charge is 0.348 e. The summed E-state index contributed by atoms with van der Waals surface area (Å²) in [6.45, 7) is 1.08. The first kappa shape index (κ1) is 17.1. The van der Waals surface area contributed by atoms with Gasteiger partial charge < -0.3 is 4.98 Å². The molecule has 2 aromatic heterocycles. The smallest absolute Gasteiger partial charge is 0.305 e. The molecule has 4 aromatic rings. The summed E-state index contributed by atoms with van der Waals surface area (Å²) in [5.74, 6) is 0.306. The molecule has 0 aliphatic carbocycles. The maximum absolute atomic E-state index is 12.8. The topological polar surface area (TPSA) is 100 Å². The first-order valence-corrected chi connectivity index (χ1v) is 10.5. The van der Waals surface area contributed by atoms with Crippen LogP contribution in [0.5, 0.6) is 0 Å². The van der Waals surface area contributed by atoms with Crippen molar-refractivity contribution in [3.05, 3.63) is 59.0 Å². The lowest BCUT2D eigenvalue weighted by atomic mass is 10.2. The van der Waals surface area contributed by atoms with Crippen molar-refractivity contribution in [2.75, 3.05) is 13.1 Å². The van der Waals surface area contributed by atoms with Crippen LogP contribution in [0.3, 0.4) is 0 Å². The lowest BCUT2D eigenvalue weighted by Crippen LogP contribution is -2.27. The highest BCUT2D eigenvalue weighted by Crippen LogP contribution is 2.25. The van der Waals surface area contributed by atoms with E-state index in [2.05, 4.69) is 15.1 Å². The van der Waals surface area contributed by atoms with Crippen molar-refractivity contribution in [2.45, 2.75) is 17.7 Å². The third-order valence-electron chi connectivity index (χ3n) is 5.00. The molecule has 5 rings (SSSR count). The van der Waals surface area contributed by atoms with E-state index in [0.29, 0.717) is 35.6 Å². The SMILES string of the molecule is O=c1[nH]c2ccccc2c2nc(-c3cccc(S(=O)(=O)N4CCCC4)c3)nn12. The van der Waals surface area contributed by atoms with Crippen molar-refractivity contribution >= 4 is 26.6 Å². The molecule has 0 saturated carbocycles. The van der Waals surface area contributed by atoms with Gasteiger partial charge >= 0.3 is 5.69 Å². The van der Waals surface area contributed by atoms with E-state index in [4.69, 9.17) is 0 Å². The van der Waals surface area contributed by atoms with E-state index < -0.39 is 15.7 Å². The number of rotatable bonds is 3. The third-order valence-corrected chi connectivity index (χ3v) is 6.90. The number of hydrogen-bond acceptors (Lipinski definition) is 5. The zero-order chi connectivity index (χ0) is 19.3. The van der Waals surface area contributed by atoms with Crippen LogP contribution in [0.15, 0.2) is 58.2 Å². The number of aromatic nitrogens is 4. The predicted molar refractivity (Wildman–Crippen MR) is 105 cm³/mol. The Hall–Kier alpha value is -3.04. The maximum atomic E-state index is 12.8. The molecule has 0 amide bonds. The second-order valence-corrected chi connectivity index (χ2v) is 8.72. The molecule has 0 atom stereocenters. The standard InChI is InChI=1S/C19H17N5O3S/c25-19-20-16-9-2-1-8-15(16)18-21-17(22-24(18)19)13-6-5-7-14(12-13)28(26,27)23-10-3-4-11-23/h1-2,5-9,12H,3-4,10-11H2,(H,20,25). The van der Waals surface area contributed by atoms with Crippen molar-refractivity contribution in [1.29, 1.82) is 0 Å². The Morgan fingerprint density at radius 3 is 2.61 bits per heavy atom. The van der Waals surface area contributed by atoms with Gasteiger partial charge in [0.25, 0.3) is 0 Å². The van der Waals surface area contributed by atoms with Gasteiger partial charge in [0.1, 0.15) is 0 Å². The Morgan fingerprint density at radius 2 is 1.79 bits per heavy atom. The van der Waals surface area contributed by atoms with Crippen LogP contribution in [0, 0.1) is 0 Å². The lowest BCUT2D eigenvalue weighted by molar-refractivity contribution is 0.477. The maximum Gasteiger partial charge on any atom is 0.348 e. The molecule has 1 fully saturated rings. The fourth-order valence-electron chi connectivity index (χ4n) is 3.58. The van der Waals surface area contributed by atoms with E-state index in [1.54, 1.807) is 30.3 Å². The summed E-state index contributed by atoms with van der Waals surface area (Å²) in [7, 11) is -3.54. The van der Waals surface area contributed by atoms with Crippen LogP contribution in [0.2, 0.25) is 0 Å². The average Bonchev–Trinajstić information content (AvgIpc) is 3.39. The van der Waals surface area contributed by atoms with Crippen LogP contribution in [0.4, 0.5) is 0 Å². The molecule has 0 bridgehead atoms. The molecular formula is C19H17N5O3S. The quantitative estimate of drug-likeness (QED) is 0.572. The highest BCUT2D eigenvalue weighted by Gasteiger charge is 2.27. The van der Waals surface area contributed by atoms with Gasteiger partial charge in [-0.15, -0.1) is 5.10 Å². The van der Waals surface area contributed by atoms with Crippen molar-refractivity contribution in [3.63, 3.8) is 0 Å². The van der Waals surface area contributed by atoms with E-state index in [1.807, 2.05) is 18.2 Å². The average molecular weight is 395 g/mol. The van der Waals surface area contributed by atoms with Crippen LogP contribution in [0.1, 0.15) is 12.8 Å². The molecular weight excluding hydrogens is 378 g/mol. The number of nitrogens with one attached hydrogen (secondary N) is 1. The van der Waals surface area contributed by atoms with Gasteiger partial charge in [0.15, 0.2) is 11.5 Å². The second kappa shape index (κ2) is 6.25. The van der Waals surface area contributed by atoms with Crippen molar-refractivity contribution < 1.29 is 8.42 Å². The number of hydrogen-bond donors (Lipinski definition) is 1. The van der Waals surface area contributed by atoms with Crippen LogP contribution in [-0.4, -0.2) is 45.4 Å². The van der Waals surface area contributed by atoms with Gasteiger partial charge in [-0.25, -0.2) is 18.2 Å². The first-order valence-electron chi connectivity index (χ1n) is 9.02. The van der Waals surface area contributed by atoms with E-state index >= 15 is 0 Å². The van der Waals surface area contributed by atoms with E-state index in [0.717, 1.165) is 18.2 Å². The summed E-state index contributed by atoms with van der Waals surface area (Å²) in [6.07, 6.45) is 1.76.